The van der Waals surface area contributed by atoms with Crippen molar-refractivity contribution in [1.29, 1.82) is 0 Å². The smallest absolute Gasteiger partial charge is 0.119 e. The maximum absolute atomic E-state index is 5.83. The molecular weight excluding hydrogens is 256 g/mol. The normalized spacial score (nSPS) is 15.7. The molecule has 1 aliphatic rings. The molecule has 1 fully saturated rings. The van der Waals surface area contributed by atoms with E-state index in [9.17, 15) is 0 Å². The predicted octanol–water partition coefficient (Wildman–Crippen LogP) is 6.25. The summed E-state index contributed by atoms with van der Waals surface area (Å²) >= 11 is 0. The van der Waals surface area contributed by atoms with Crippen LogP contribution in [-0.2, 0) is 0 Å². The van der Waals surface area contributed by atoms with Gasteiger partial charge in [-0.25, -0.2) is 0 Å². The van der Waals surface area contributed by atoms with E-state index < -0.39 is 0 Å². The molecule has 0 aromatic heterocycles. The molecule has 1 aromatic rings. The van der Waals surface area contributed by atoms with E-state index >= 15 is 0 Å². The maximum atomic E-state index is 5.83. The van der Waals surface area contributed by atoms with Crippen molar-refractivity contribution in [2.75, 3.05) is 6.61 Å². The second kappa shape index (κ2) is 8.92. The third-order valence-corrected chi connectivity index (χ3v) is 4.38. The molecule has 0 unspecified atom stereocenters. The summed E-state index contributed by atoms with van der Waals surface area (Å²) in [4.78, 5) is 0. The van der Waals surface area contributed by atoms with Gasteiger partial charge >= 0.3 is 0 Å². The summed E-state index contributed by atoms with van der Waals surface area (Å²) in [5.74, 6) is 1.81. The van der Waals surface area contributed by atoms with E-state index in [1.807, 2.05) is 0 Å². The number of hydrogen-bond donors (Lipinski definition) is 0. The minimum Gasteiger partial charge on any atom is -0.494 e. The average Bonchev–Trinajstić information content (AvgIpc) is 2.52. The Morgan fingerprint density at radius 3 is 2.43 bits per heavy atom. The molecule has 0 spiro atoms. The van der Waals surface area contributed by atoms with Crippen LogP contribution < -0.4 is 4.74 Å². The lowest BCUT2D eigenvalue weighted by Crippen LogP contribution is -2.04. The van der Waals surface area contributed by atoms with Crippen molar-refractivity contribution in [1.82, 2.24) is 0 Å². The molecule has 0 bridgehead atoms. The van der Waals surface area contributed by atoms with Crippen LogP contribution in [0.2, 0.25) is 0 Å². The van der Waals surface area contributed by atoms with Gasteiger partial charge in [0.1, 0.15) is 5.75 Å². The van der Waals surface area contributed by atoms with Crippen LogP contribution in [0, 0.1) is 0 Å². The zero-order valence-electron chi connectivity index (χ0n) is 13.7. The molecule has 1 aliphatic carbocycles. The first-order valence-corrected chi connectivity index (χ1v) is 8.62. The monoisotopic (exact) mass is 286 g/mol. The van der Waals surface area contributed by atoms with E-state index in [2.05, 4.69) is 44.2 Å². The Balaban J connectivity index is 1.68. The lowest BCUT2D eigenvalue weighted by molar-refractivity contribution is 0.307. The van der Waals surface area contributed by atoms with Crippen molar-refractivity contribution in [2.24, 2.45) is 0 Å². The molecule has 2 rings (SSSR count). The van der Waals surface area contributed by atoms with Gasteiger partial charge in [0.15, 0.2) is 0 Å². The molecule has 1 aromatic carbocycles. The predicted molar refractivity (Wildman–Crippen MR) is 91.0 cm³/mol. The second-order valence-electron chi connectivity index (χ2n) is 6.53. The van der Waals surface area contributed by atoms with Crippen LogP contribution in [-0.4, -0.2) is 6.61 Å². The fourth-order valence-electron chi connectivity index (χ4n) is 3.10. The third-order valence-electron chi connectivity index (χ3n) is 4.38. The van der Waals surface area contributed by atoms with Crippen molar-refractivity contribution in [3.63, 3.8) is 0 Å². The second-order valence-corrected chi connectivity index (χ2v) is 6.53. The number of rotatable bonds is 7. The fraction of sp³-hybridized carbons (Fsp3) is 0.600. The molecule has 116 valence electrons. The first-order chi connectivity index (χ1) is 10.3. The first kappa shape index (κ1) is 16.1. The summed E-state index contributed by atoms with van der Waals surface area (Å²) in [6.07, 6.45) is 12.8. The standard InChI is InChI=1S/C20H30O/c1-17(2)9-5-4-8-16-21-20-14-12-19(13-15-20)18-10-6-3-7-11-18/h9,12-15,18H,3-8,10-11,16H2,1-2H3. The summed E-state index contributed by atoms with van der Waals surface area (Å²) in [6.45, 7) is 5.15. The Labute approximate surface area is 130 Å². The van der Waals surface area contributed by atoms with Crippen molar-refractivity contribution in [3.05, 3.63) is 41.5 Å². The topological polar surface area (TPSA) is 9.23 Å². The molecular formula is C20H30O. The zero-order valence-corrected chi connectivity index (χ0v) is 13.7. The SMILES string of the molecule is CC(C)=CCCCCOc1ccc(C2CCCCC2)cc1. The molecule has 0 radical (unpaired) electrons. The van der Waals surface area contributed by atoms with Gasteiger partial charge in [0.2, 0.25) is 0 Å². The van der Waals surface area contributed by atoms with Gasteiger partial charge < -0.3 is 4.74 Å². The Morgan fingerprint density at radius 2 is 1.76 bits per heavy atom. The van der Waals surface area contributed by atoms with Gasteiger partial charge in [-0.2, -0.15) is 0 Å². The lowest BCUT2D eigenvalue weighted by atomic mass is 9.84. The molecule has 0 N–H and O–H groups in total. The lowest BCUT2D eigenvalue weighted by Gasteiger charge is -2.22. The molecule has 21 heavy (non-hydrogen) atoms. The Morgan fingerprint density at radius 1 is 1.05 bits per heavy atom. The van der Waals surface area contributed by atoms with Gasteiger partial charge in [-0.05, 0) is 69.6 Å². The zero-order chi connectivity index (χ0) is 14.9. The van der Waals surface area contributed by atoms with Crippen LogP contribution in [0.3, 0.4) is 0 Å². The third kappa shape index (κ3) is 5.95. The molecule has 0 saturated heterocycles. The largest absolute Gasteiger partial charge is 0.494 e. The molecule has 0 atom stereocenters. The highest BCUT2D eigenvalue weighted by Gasteiger charge is 2.15. The maximum Gasteiger partial charge on any atom is 0.119 e. The van der Waals surface area contributed by atoms with Crippen molar-refractivity contribution >= 4 is 0 Å². The highest BCUT2D eigenvalue weighted by molar-refractivity contribution is 5.29. The Kier molecular flexibility index (Phi) is 6.85. The average molecular weight is 286 g/mol. The van der Waals surface area contributed by atoms with E-state index in [4.69, 9.17) is 4.74 Å². The van der Waals surface area contributed by atoms with Crippen molar-refractivity contribution < 1.29 is 4.74 Å². The highest BCUT2D eigenvalue weighted by atomic mass is 16.5. The van der Waals surface area contributed by atoms with Crippen molar-refractivity contribution in [2.45, 2.75) is 71.1 Å². The van der Waals surface area contributed by atoms with Gasteiger partial charge in [-0.15, -0.1) is 0 Å². The van der Waals surface area contributed by atoms with Crippen LogP contribution in [0.15, 0.2) is 35.9 Å². The molecule has 0 heterocycles. The highest BCUT2D eigenvalue weighted by Crippen LogP contribution is 2.33. The molecule has 0 amide bonds. The molecule has 1 saturated carbocycles. The van der Waals surface area contributed by atoms with E-state index in [-0.39, 0.29) is 0 Å². The first-order valence-electron chi connectivity index (χ1n) is 8.62. The van der Waals surface area contributed by atoms with Crippen LogP contribution in [0.1, 0.15) is 76.7 Å². The summed E-state index contributed by atoms with van der Waals surface area (Å²) < 4.78 is 5.83. The molecule has 1 nitrogen and oxygen atoms in total. The molecule has 0 aliphatic heterocycles. The van der Waals surface area contributed by atoms with E-state index in [1.54, 1.807) is 0 Å². The van der Waals surface area contributed by atoms with Gasteiger partial charge in [-0.3, -0.25) is 0 Å². The van der Waals surface area contributed by atoms with Crippen LogP contribution >= 0.6 is 0 Å². The number of unbranched alkanes of at least 4 members (excludes halogenated alkanes) is 2. The van der Waals surface area contributed by atoms with Gasteiger partial charge in [0.05, 0.1) is 6.61 Å². The van der Waals surface area contributed by atoms with Gasteiger partial charge in [0, 0.05) is 0 Å². The number of benzene rings is 1. The van der Waals surface area contributed by atoms with Crippen LogP contribution in [0.4, 0.5) is 0 Å². The number of ether oxygens (including phenoxy) is 1. The van der Waals surface area contributed by atoms with E-state index in [0.717, 1.165) is 24.7 Å². The summed E-state index contributed by atoms with van der Waals surface area (Å²) in [6, 6.07) is 8.85. The van der Waals surface area contributed by atoms with Crippen LogP contribution in [0.5, 0.6) is 5.75 Å². The number of hydrogen-bond acceptors (Lipinski definition) is 1. The summed E-state index contributed by atoms with van der Waals surface area (Å²) in [5, 5.41) is 0. The Hall–Kier alpha value is -1.24. The fourth-order valence-corrected chi connectivity index (χ4v) is 3.10. The summed E-state index contributed by atoms with van der Waals surface area (Å²) in [7, 11) is 0. The van der Waals surface area contributed by atoms with Crippen LogP contribution in [0.25, 0.3) is 0 Å². The Bertz CT molecular complexity index is 420. The molecule has 1 heteroatoms. The number of allylic oxidation sites excluding steroid dienone is 2. The quantitative estimate of drug-likeness (QED) is 0.425. The minimum absolute atomic E-state index is 0.789. The van der Waals surface area contributed by atoms with E-state index in [1.165, 1.54) is 56.1 Å². The summed E-state index contributed by atoms with van der Waals surface area (Å²) in [5.41, 5.74) is 2.92. The van der Waals surface area contributed by atoms with Crippen molar-refractivity contribution in [3.8, 4) is 5.75 Å². The van der Waals surface area contributed by atoms with Gasteiger partial charge in [-0.1, -0.05) is 43.0 Å². The minimum atomic E-state index is 0.789. The van der Waals surface area contributed by atoms with Gasteiger partial charge in [0.25, 0.3) is 0 Å². The van der Waals surface area contributed by atoms with E-state index in [0.29, 0.717) is 0 Å².